The summed E-state index contributed by atoms with van der Waals surface area (Å²) in [4.78, 5) is 54.2. The summed E-state index contributed by atoms with van der Waals surface area (Å²) in [6, 6.07) is 0.348. The predicted octanol–water partition coefficient (Wildman–Crippen LogP) is 1.05. The minimum Gasteiger partial charge on any atom is -0.508 e. The highest BCUT2D eigenvalue weighted by Gasteiger charge is 2.64. The first-order chi connectivity index (χ1) is 17.7. The number of hydrogen-bond donors (Lipinski definition) is 6. The second-order valence-corrected chi connectivity index (χ2v) is 10.5. The van der Waals surface area contributed by atoms with Gasteiger partial charge in [0.05, 0.1) is 17.3 Å². The number of benzene rings is 1. The summed E-state index contributed by atoms with van der Waals surface area (Å²) in [5.74, 6) is -8.44. The highest BCUT2D eigenvalue weighted by atomic mass is 35.5. The van der Waals surface area contributed by atoms with E-state index < -0.39 is 75.6 Å². The van der Waals surface area contributed by atoms with E-state index in [0.717, 1.165) is 0 Å². The summed E-state index contributed by atoms with van der Waals surface area (Å²) in [6.07, 6.45) is 0.101. The Balaban J connectivity index is 0.00000280. The van der Waals surface area contributed by atoms with Gasteiger partial charge < -0.3 is 36.4 Å². The molecule has 0 saturated heterocycles. The molecule has 1 aromatic rings. The van der Waals surface area contributed by atoms with Crippen molar-refractivity contribution in [3.63, 3.8) is 0 Å². The van der Waals surface area contributed by atoms with Gasteiger partial charge in [-0.15, -0.1) is 36.4 Å². The zero-order chi connectivity index (χ0) is 28.4. The number of nitrogens with two attached hydrogens (primary N) is 1. The van der Waals surface area contributed by atoms with E-state index in [1.807, 2.05) is 0 Å². The standard InChI is InChI=1S/C25H29ClN4O8.2ClH/c1-29(2)13-7-12(28-14(31)8-26)19(32)16-10(13)5-9-6-11-18(30(3)4)21(34)17(24(27)37)23(36)25(11,38)22(35)15(9)20(16)33;;/h7,9,11,18,32-33,36,38H,5-6,8H2,1-4H3,(H2,27,37)(H,28,31);2*1H/t9?,11?,18-,25?;;/m0../s1. The lowest BCUT2D eigenvalue weighted by Gasteiger charge is -2.50. The summed E-state index contributed by atoms with van der Waals surface area (Å²) >= 11 is 5.59. The first kappa shape index (κ1) is 33.2. The van der Waals surface area contributed by atoms with Gasteiger partial charge in [0, 0.05) is 31.3 Å². The number of hydrogen-bond acceptors (Lipinski definition) is 10. The first-order valence-electron chi connectivity index (χ1n) is 11.7. The molecule has 1 saturated carbocycles. The molecule has 12 nitrogen and oxygen atoms in total. The van der Waals surface area contributed by atoms with E-state index >= 15 is 0 Å². The third-order valence-corrected chi connectivity index (χ3v) is 7.82. The maximum Gasteiger partial charge on any atom is 0.255 e. The number of likely N-dealkylation sites (N-methyl/N-ethyl adjacent to an activating group) is 1. The van der Waals surface area contributed by atoms with E-state index in [1.165, 1.54) is 25.1 Å². The van der Waals surface area contributed by atoms with Crippen molar-refractivity contribution in [3.8, 4) is 5.75 Å². The van der Waals surface area contributed by atoms with Gasteiger partial charge in [-0.1, -0.05) is 0 Å². The molecule has 0 aliphatic heterocycles. The molecule has 0 bridgehead atoms. The van der Waals surface area contributed by atoms with Crippen LogP contribution in [0.2, 0.25) is 0 Å². The van der Waals surface area contributed by atoms with Crippen LogP contribution in [0.1, 0.15) is 17.5 Å². The molecule has 15 heteroatoms. The first-order valence-corrected chi connectivity index (χ1v) is 12.3. The zero-order valence-corrected chi connectivity index (χ0v) is 24.4. The Morgan fingerprint density at radius 2 is 1.75 bits per heavy atom. The number of aromatic hydroxyl groups is 1. The number of alkyl halides is 1. The van der Waals surface area contributed by atoms with Crippen molar-refractivity contribution in [2.24, 2.45) is 17.6 Å². The third kappa shape index (κ3) is 4.67. The number of rotatable bonds is 5. The lowest BCUT2D eigenvalue weighted by atomic mass is 9.57. The minimum absolute atomic E-state index is 0. The van der Waals surface area contributed by atoms with E-state index in [0.29, 0.717) is 11.3 Å². The number of primary amides is 1. The number of phenolic OH excluding ortho intramolecular Hbond substituents is 1. The van der Waals surface area contributed by atoms with Gasteiger partial charge >= 0.3 is 0 Å². The molecule has 0 spiro atoms. The number of ketones is 2. The molecule has 2 amide bonds. The van der Waals surface area contributed by atoms with Crippen LogP contribution in [0.25, 0.3) is 5.76 Å². The molecular weight excluding hydrogens is 591 g/mol. The van der Waals surface area contributed by atoms with Crippen LogP contribution in [0.15, 0.2) is 23.0 Å². The minimum atomic E-state index is -2.73. The molecule has 4 rings (SSSR count). The summed E-state index contributed by atoms with van der Waals surface area (Å²) < 4.78 is 0. The van der Waals surface area contributed by atoms with Crippen molar-refractivity contribution < 1.29 is 39.6 Å². The molecule has 0 heterocycles. The smallest absolute Gasteiger partial charge is 0.255 e. The normalized spacial score (nSPS) is 25.3. The second-order valence-electron chi connectivity index (χ2n) is 10.2. The summed E-state index contributed by atoms with van der Waals surface area (Å²) in [5, 5.41) is 47.4. The summed E-state index contributed by atoms with van der Waals surface area (Å²) in [7, 11) is 6.51. The largest absolute Gasteiger partial charge is 0.508 e. The zero-order valence-electron chi connectivity index (χ0n) is 22.0. The van der Waals surface area contributed by atoms with Crippen LogP contribution in [-0.4, -0.2) is 94.4 Å². The lowest BCUT2D eigenvalue weighted by Crippen LogP contribution is -2.65. The Hall–Kier alpha value is -3.03. The fraction of sp³-hybridized carbons (Fsp3) is 0.440. The van der Waals surface area contributed by atoms with Crippen LogP contribution in [0.5, 0.6) is 5.75 Å². The van der Waals surface area contributed by atoms with Crippen LogP contribution >= 0.6 is 36.4 Å². The van der Waals surface area contributed by atoms with Gasteiger partial charge in [-0.25, -0.2) is 0 Å². The quantitative estimate of drug-likeness (QED) is 0.157. The van der Waals surface area contributed by atoms with Gasteiger partial charge in [-0.3, -0.25) is 24.1 Å². The average molecular weight is 622 g/mol. The Kier molecular flexibility index (Phi) is 9.50. The van der Waals surface area contributed by atoms with Crippen molar-refractivity contribution in [1.29, 1.82) is 0 Å². The van der Waals surface area contributed by atoms with E-state index in [2.05, 4.69) is 5.32 Å². The molecule has 7 N–H and O–H groups in total. The van der Waals surface area contributed by atoms with Gasteiger partial charge in [0.2, 0.25) is 11.7 Å². The van der Waals surface area contributed by atoms with Crippen LogP contribution in [0, 0.1) is 11.8 Å². The third-order valence-electron chi connectivity index (χ3n) is 7.57. The average Bonchev–Trinajstić information content (AvgIpc) is 2.82. The number of carbonyl (C=O) groups excluding carboxylic acids is 4. The molecule has 4 atom stereocenters. The van der Waals surface area contributed by atoms with Crippen LogP contribution < -0.4 is 16.0 Å². The van der Waals surface area contributed by atoms with Crippen LogP contribution in [-0.2, 0) is 25.6 Å². The van der Waals surface area contributed by atoms with E-state index in [1.54, 1.807) is 19.0 Å². The maximum absolute atomic E-state index is 13.9. The Morgan fingerprint density at radius 3 is 2.25 bits per heavy atom. The SMILES string of the molecule is CN(C)c1cc(NC(=O)CCl)c(O)c2c1CC1CC3[C@H](N(C)C)C(=O)C(C(N)=O)=C(O)C3(O)C(=O)C1=C2O.Cl.Cl. The van der Waals surface area contributed by atoms with E-state index in [4.69, 9.17) is 17.3 Å². The number of aliphatic hydroxyl groups excluding tert-OH is 2. The number of halogens is 3. The monoisotopic (exact) mass is 620 g/mol. The molecule has 3 unspecified atom stereocenters. The number of carbonyl (C=O) groups is 4. The van der Waals surface area contributed by atoms with Crippen molar-refractivity contribution in [2.75, 3.05) is 44.3 Å². The number of aliphatic hydroxyl groups is 3. The van der Waals surface area contributed by atoms with Gasteiger partial charge in [0.15, 0.2) is 11.4 Å². The van der Waals surface area contributed by atoms with Crippen LogP contribution in [0.4, 0.5) is 11.4 Å². The summed E-state index contributed by atoms with van der Waals surface area (Å²) in [5.41, 5.74) is 2.27. The number of Topliss-reactive ketones (excluding diaryl/α,β-unsaturated/α-hetero) is 2. The summed E-state index contributed by atoms with van der Waals surface area (Å²) in [6.45, 7) is 0. The van der Waals surface area contributed by atoms with Crippen molar-refractivity contribution >= 4 is 76.9 Å². The van der Waals surface area contributed by atoms with Crippen LogP contribution in [0.3, 0.4) is 0 Å². The van der Waals surface area contributed by atoms with Crippen molar-refractivity contribution in [2.45, 2.75) is 24.5 Å². The van der Waals surface area contributed by atoms with E-state index in [-0.39, 0.29) is 54.5 Å². The topological polar surface area (TPSA) is 194 Å². The Morgan fingerprint density at radius 1 is 1.15 bits per heavy atom. The molecule has 1 aromatic carbocycles. The number of amides is 2. The molecule has 40 heavy (non-hydrogen) atoms. The van der Waals surface area contributed by atoms with E-state index in [9.17, 15) is 39.6 Å². The molecule has 3 aliphatic rings. The fourth-order valence-corrected chi connectivity index (χ4v) is 6.04. The number of nitrogens with one attached hydrogen (secondary N) is 1. The maximum atomic E-state index is 13.9. The molecule has 0 aromatic heterocycles. The van der Waals surface area contributed by atoms with Crippen molar-refractivity contribution in [3.05, 3.63) is 34.1 Å². The lowest BCUT2D eigenvalue weighted by molar-refractivity contribution is -0.153. The fourth-order valence-electron chi connectivity index (χ4n) is 5.97. The van der Waals surface area contributed by atoms with Gasteiger partial charge in [0.1, 0.15) is 28.7 Å². The highest BCUT2D eigenvalue weighted by Crippen LogP contribution is 2.54. The Labute approximate surface area is 247 Å². The van der Waals surface area contributed by atoms with Crippen molar-refractivity contribution in [1.82, 2.24) is 4.90 Å². The van der Waals surface area contributed by atoms with Gasteiger partial charge in [-0.2, -0.15) is 0 Å². The van der Waals surface area contributed by atoms with Gasteiger partial charge in [-0.05, 0) is 44.5 Å². The molecule has 1 fully saturated rings. The molecule has 3 aliphatic carbocycles. The molecule has 220 valence electrons. The number of nitrogens with zero attached hydrogens (tertiary/aromatic N) is 2. The number of anilines is 2. The molecular formula is C25H31Cl3N4O8. The predicted molar refractivity (Wildman–Crippen MR) is 152 cm³/mol. The Bertz CT molecular complexity index is 1360. The second kappa shape index (κ2) is 11.5. The highest BCUT2D eigenvalue weighted by molar-refractivity contribution is 6.29. The number of phenols is 1. The van der Waals surface area contributed by atoms with Gasteiger partial charge in [0.25, 0.3) is 5.91 Å². The number of fused-ring (bicyclic) bond motifs is 3. The molecule has 0 radical (unpaired) electrons.